The van der Waals surface area contributed by atoms with E-state index >= 15 is 0 Å². The number of hydrogen-bond donors (Lipinski definition) is 0. The van der Waals surface area contributed by atoms with Crippen molar-refractivity contribution in [2.75, 3.05) is 0 Å². The third-order valence-corrected chi connectivity index (χ3v) is 3.70. The summed E-state index contributed by atoms with van der Waals surface area (Å²) in [6.45, 7) is 6.42. The summed E-state index contributed by atoms with van der Waals surface area (Å²) in [5.74, 6) is 0. The molecule has 37 valence electrons. The Morgan fingerprint density at radius 1 is 1.50 bits per heavy atom. The van der Waals surface area contributed by atoms with Gasteiger partial charge in [0.2, 0.25) is 0 Å². The van der Waals surface area contributed by atoms with Crippen LogP contribution in [0.1, 0.15) is 13.8 Å². The first-order valence-electron chi connectivity index (χ1n) is 2.13. The summed E-state index contributed by atoms with van der Waals surface area (Å²) in [6, 6.07) is 0. The second kappa shape index (κ2) is 2.64. The van der Waals surface area contributed by atoms with E-state index in [4.69, 9.17) is 11.1 Å². The van der Waals surface area contributed by atoms with Crippen molar-refractivity contribution in [2.24, 2.45) is 0 Å². The highest BCUT2D eigenvalue weighted by molar-refractivity contribution is 7.06. The summed E-state index contributed by atoms with van der Waals surface area (Å²) in [4.78, 5) is 0. The summed E-state index contributed by atoms with van der Waals surface area (Å²) in [7, 11) is -0.479. The maximum atomic E-state index is 5.71. The molecular formula is C4H10ClSi. The van der Waals surface area contributed by atoms with Gasteiger partial charge in [-0.1, -0.05) is 20.4 Å². The minimum atomic E-state index is -0.479. The average Bonchev–Trinajstić information content (AvgIpc) is 1.36. The van der Waals surface area contributed by atoms with E-state index in [9.17, 15) is 0 Å². The van der Waals surface area contributed by atoms with Gasteiger partial charge in [-0.05, 0) is 5.54 Å². The first-order chi connectivity index (χ1) is 2.64. The molecule has 0 unspecified atom stereocenters. The second-order valence-corrected chi connectivity index (χ2v) is 5.86. The minimum absolute atomic E-state index is 0.479. The van der Waals surface area contributed by atoms with E-state index in [-0.39, 0.29) is 0 Å². The van der Waals surface area contributed by atoms with Crippen LogP contribution < -0.4 is 0 Å². The van der Waals surface area contributed by atoms with Crippen molar-refractivity contribution in [3.05, 3.63) is 0 Å². The fourth-order valence-electron chi connectivity index (χ4n) is 0. The lowest BCUT2D eigenvalue weighted by atomic mass is 10.6. The molecule has 0 saturated carbocycles. The van der Waals surface area contributed by atoms with Crippen molar-refractivity contribution in [3.8, 4) is 0 Å². The first-order valence-corrected chi connectivity index (χ1v) is 5.22. The van der Waals surface area contributed by atoms with Gasteiger partial charge in [0, 0.05) is 0 Å². The molecule has 1 radical (unpaired) electrons. The maximum Gasteiger partial charge on any atom is 0.164 e. The molecular weight excluding hydrogens is 112 g/mol. The molecule has 0 aliphatic heterocycles. The van der Waals surface area contributed by atoms with Gasteiger partial charge in [-0.2, -0.15) is 11.1 Å². The Labute approximate surface area is 45.8 Å². The van der Waals surface area contributed by atoms with Crippen LogP contribution in [0.15, 0.2) is 0 Å². The van der Waals surface area contributed by atoms with Crippen molar-refractivity contribution in [2.45, 2.75) is 25.9 Å². The number of rotatable bonds is 1. The maximum absolute atomic E-state index is 5.71. The van der Waals surface area contributed by atoms with Crippen molar-refractivity contribution in [3.63, 3.8) is 0 Å². The molecule has 6 heavy (non-hydrogen) atoms. The van der Waals surface area contributed by atoms with Gasteiger partial charge in [0.15, 0.2) is 8.11 Å². The van der Waals surface area contributed by atoms with Gasteiger partial charge in [0.1, 0.15) is 0 Å². The fraction of sp³-hybridized carbons (Fsp3) is 1.00. The van der Waals surface area contributed by atoms with E-state index in [1.807, 2.05) is 0 Å². The zero-order valence-electron chi connectivity index (χ0n) is 4.46. The molecule has 0 aromatic carbocycles. The molecule has 0 fully saturated rings. The minimum Gasteiger partial charge on any atom is -0.169 e. The van der Waals surface area contributed by atoms with Crippen LogP contribution in [0.4, 0.5) is 0 Å². The highest BCUT2D eigenvalue weighted by atomic mass is 35.6. The van der Waals surface area contributed by atoms with E-state index in [2.05, 4.69) is 20.4 Å². The Balaban J connectivity index is 2.99. The predicted molar refractivity (Wildman–Crippen MR) is 32.6 cm³/mol. The van der Waals surface area contributed by atoms with Crippen molar-refractivity contribution in [1.29, 1.82) is 0 Å². The van der Waals surface area contributed by atoms with E-state index < -0.39 is 8.11 Å². The van der Waals surface area contributed by atoms with Gasteiger partial charge in [-0.25, -0.2) is 0 Å². The zero-order chi connectivity index (χ0) is 5.15. The normalized spacial score (nSPS) is 11.0. The zero-order valence-corrected chi connectivity index (χ0v) is 6.21. The van der Waals surface area contributed by atoms with Crippen molar-refractivity contribution >= 4 is 19.2 Å². The summed E-state index contributed by atoms with van der Waals surface area (Å²) in [6.07, 6.45) is 0. The highest BCUT2D eigenvalue weighted by Crippen LogP contribution is 2.08. The van der Waals surface area contributed by atoms with Crippen LogP contribution in [-0.4, -0.2) is 8.11 Å². The van der Waals surface area contributed by atoms with Gasteiger partial charge < -0.3 is 0 Å². The van der Waals surface area contributed by atoms with Gasteiger partial charge in [-0.15, -0.1) is 0 Å². The molecule has 0 rings (SSSR count). The summed E-state index contributed by atoms with van der Waals surface area (Å²) in [5, 5.41) is 0. The van der Waals surface area contributed by atoms with Gasteiger partial charge in [-0.3, -0.25) is 0 Å². The van der Waals surface area contributed by atoms with Crippen LogP contribution >= 0.6 is 11.1 Å². The summed E-state index contributed by atoms with van der Waals surface area (Å²) >= 11 is 5.71. The smallest absolute Gasteiger partial charge is 0.164 e. The van der Waals surface area contributed by atoms with E-state index in [1.54, 1.807) is 0 Å². The Morgan fingerprint density at radius 2 is 1.67 bits per heavy atom. The highest BCUT2D eigenvalue weighted by Gasteiger charge is 2.02. The van der Waals surface area contributed by atoms with Crippen LogP contribution in [-0.2, 0) is 0 Å². The number of halogens is 1. The largest absolute Gasteiger partial charge is 0.169 e. The summed E-state index contributed by atoms with van der Waals surface area (Å²) in [5.41, 5.74) is 0.719. The molecule has 2 heteroatoms. The quantitative estimate of drug-likeness (QED) is 0.369. The number of hydrogen-bond acceptors (Lipinski definition) is 0. The molecule has 0 aromatic rings. The van der Waals surface area contributed by atoms with Crippen LogP contribution in [0.25, 0.3) is 0 Å². The lowest BCUT2D eigenvalue weighted by Crippen LogP contribution is -1.99. The lowest BCUT2D eigenvalue weighted by molar-refractivity contribution is 1.06. The Hall–Kier alpha value is 0.507. The molecule has 0 amide bonds. The molecule has 0 saturated heterocycles. The molecule has 0 aliphatic rings. The van der Waals surface area contributed by atoms with Gasteiger partial charge in [0.25, 0.3) is 0 Å². The fourth-order valence-corrected chi connectivity index (χ4v) is 0. The molecule has 0 N–H and O–H groups in total. The van der Waals surface area contributed by atoms with E-state index in [1.165, 1.54) is 0 Å². The van der Waals surface area contributed by atoms with E-state index in [0.29, 0.717) is 0 Å². The molecule has 0 atom stereocenters. The standard InChI is InChI=1S/C4H10ClSi/c1-4(2)6(3)5/h4H,1-3H3. The Morgan fingerprint density at radius 3 is 1.67 bits per heavy atom. The van der Waals surface area contributed by atoms with Gasteiger partial charge >= 0.3 is 0 Å². The molecule has 0 bridgehead atoms. The van der Waals surface area contributed by atoms with Crippen LogP contribution in [0, 0.1) is 0 Å². The summed E-state index contributed by atoms with van der Waals surface area (Å²) < 4.78 is 0. The average molecular weight is 122 g/mol. The van der Waals surface area contributed by atoms with Gasteiger partial charge in [0.05, 0.1) is 0 Å². The lowest BCUT2D eigenvalue weighted by Gasteiger charge is -1.99. The Bertz CT molecular complexity index is 28.5. The third-order valence-electron chi connectivity index (χ3n) is 0.796. The van der Waals surface area contributed by atoms with Crippen LogP contribution in [0.5, 0.6) is 0 Å². The predicted octanol–water partition coefficient (Wildman–Crippen LogP) is 2.26. The van der Waals surface area contributed by atoms with Crippen molar-refractivity contribution < 1.29 is 0 Å². The SMILES string of the molecule is CC(C)[Si](C)Cl. The third kappa shape index (κ3) is 2.73. The molecule has 0 aromatic heterocycles. The van der Waals surface area contributed by atoms with Crippen LogP contribution in [0.2, 0.25) is 12.1 Å². The molecule has 0 nitrogen and oxygen atoms in total. The molecule has 0 heterocycles. The molecule has 0 spiro atoms. The second-order valence-electron chi connectivity index (χ2n) is 1.74. The topological polar surface area (TPSA) is 0 Å². The monoisotopic (exact) mass is 121 g/mol. The first kappa shape index (κ1) is 6.51. The molecule has 0 aliphatic carbocycles. The van der Waals surface area contributed by atoms with E-state index in [0.717, 1.165) is 5.54 Å². The van der Waals surface area contributed by atoms with Crippen molar-refractivity contribution in [1.82, 2.24) is 0 Å². The van der Waals surface area contributed by atoms with Crippen LogP contribution in [0.3, 0.4) is 0 Å². The Kier molecular flexibility index (Phi) is 2.87.